The number of cyclic esters (lactones) is 1. The molecule has 5 rings (SSSR count). The number of hydrogen-bond donors (Lipinski definition) is 1. The van der Waals surface area contributed by atoms with E-state index in [-0.39, 0.29) is 18.6 Å². The molecule has 31 heavy (non-hydrogen) atoms. The van der Waals surface area contributed by atoms with Crippen LogP contribution in [0, 0.1) is 0 Å². The van der Waals surface area contributed by atoms with Crippen LogP contribution < -0.4 is 10.3 Å². The molecule has 0 saturated carbocycles. The summed E-state index contributed by atoms with van der Waals surface area (Å²) in [5.74, 6) is 0.0474. The van der Waals surface area contributed by atoms with E-state index < -0.39 is 11.6 Å². The summed E-state index contributed by atoms with van der Waals surface area (Å²) in [5.41, 5.74) is 2.86. The zero-order valence-corrected chi connectivity index (χ0v) is 17.8. The smallest absolute Gasteiger partial charge is 0.343 e. The highest BCUT2D eigenvalue weighted by molar-refractivity contribution is 5.93. The Morgan fingerprint density at radius 3 is 2.77 bits per heavy atom. The number of fused-ring (bicyclic) bond motifs is 5. The summed E-state index contributed by atoms with van der Waals surface area (Å²) in [4.78, 5) is 30.6. The van der Waals surface area contributed by atoms with Crippen molar-refractivity contribution in [3.8, 4) is 17.1 Å². The van der Waals surface area contributed by atoms with E-state index in [1.165, 1.54) is 0 Å². The molecule has 0 bridgehead atoms. The van der Waals surface area contributed by atoms with Crippen LogP contribution in [-0.4, -0.2) is 27.7 Å². The van der Waals surface area contributed by atoms with Crippen molar-refractivity contribution >= 4 is 16.9 Å². The van der Waals surface area contributed by atoms with Gasteiger partial charge in [0.15, 0.2) is 5.60 Å². The number of rotatable bonds is 4. The van der Waals surface area contributed by atoms with Crippen molar-refractivity contribution in [3.63, 3.8) is 0 Å². The molecule has 0 unspecified atom stereocenters. The van der Waals surface area contributed by atoms with Crippen molar-refractivity contribution in [2.24, 2.45) is 0 Å². The molecule has 1 N–H and O–H groups in total. The van der Waals surface area contributed by atoms with E-state index in [0.717, 1.165) is 46.3 Å². The molecule has 7 heteroatoms. The van der Waals surface area contributed by atoms with Gasteiger partial charge in [-0.15, -0.1) is 0 Å². The Morgan fingerprint density at radius 1 is 1.26 bits per heavy atom. The Bertz CT molecular complexity index is 1310. The predicted molar refractivity (Wildman–Crippen MR) is 115 cm³/mol. The number of aryl methyl sites for hydroxylation is 1. The summed E-state index contributed by atoms with van der Waals surface area (Å²) < 4.78 is 12.4. The highest BCUT2D eigenvalue weighted by Crippen LogP contribution is 2.42. The molecule has 1 atom stereocenters. The van der Waals surface area contributed by atoms with Crippen molar-refractivity contribution in [2.45, 2.75) is 51.9 Å². The van der Waals surface area contributed by atoms with Gasteiger partial charge in [0.2, 0.25) is 0 Å². The molecular weight excluding hydrogens is 396 g/mol. The average Bonchev–Trinajstić information content (AvgIpc) is 3.15. The van der Waals surface area contributed by atoms with Gasteiger partial charge in [-0.25, -0.2) is 9.78 Å². The van der Waals surface area contributed by atoms with E-state index in [0.29, 0.717) is 23.4 Å². The molecule has 4 heterocycles. The Balaban J connectivity index is 1.84. The number of hydrogen-bond acceptors (Lipinski definition) is 6. The molecule has 0 saturated heterocycles. The van der Waals surface area contributed by atoms with Gasteiger partial charge in [0.1, 0.15) is 12.4 Å². The fourth-order valence-electron chi connectivity index (χ4n) is 4.89. The first-order valence-corrected chi connectivity index (χ1v) is 10.6. The minimum Gasteiger partial charge on any atom is -0.496 e. The highest BCUT2D eigenvalue weighted by atomic mass is 16.6. The fraction of sp³-hybridized carbons (Fsp3) is 0.375. The Labute approximate surface area is 179 Å². The van der Waals surface area contributed by atoms with E-state index >= 15 is 0 Å². The first-order chi connectivity index (χ1) is 14.9. The molecule has 0 fully saturated rings. The van der Waals surface area contributed by atoms with Crippen LogP contribution in [0.15, 0.2) is 29.1 Å². The van der Waals surface area contributed by atoms with Crippen LogP contribution in [-0.2, 0) is 34.7 Å². The molecule has 0 amide bonds. The normalized spacial score (nSPS) is 19.0. The number of aliphatic hydroxyl groups is 1. The van der Waals surface area contributed by atoms with Gasteiger partial charge in [0.25, 0.3) is 5.56 Å². The molecule has 0 aliphatic carbocycles. The molecule has 7 nitrogen and oxygen atoms in total. The number of esters is 1. The monoisotopic (exact) mass is 420 g/mol. The number of pyridine rings is 2. The van der Waals surface area contributed by atoms with Crippen LogP contribution in [0.2, 0.25) is 0 Å². The first kappa shape index (κ1) is 19.8. The number of ether oxygens (including phenoxy) is 2. The molecule has 0 radical (unpaired) electrons. The topological polar surface area (TPSA) is 90.6 Å². The van der Waals surface area contributed by atoms with Crippen molar-refractivity contribution in [3.05, 3.63) is 56.9 Å². The molecule has 1 aromatic carbocycles. The summed E-state index contributed by atoms with van der Waals surface area (Å²) in [7, 11) is 1.65. The molecule has 0 spiro atoms. The van der Waals surface area contributed by atoms with Gasteiger partial charge in [0.05, 0.1) is 36.1 Å². The van der Waals surface area contributed by atoms with Gasteiger partial charge in [-0.3, -0.25) is 4.79 Å². The van der Waals surface area contributed by atoms with Gasteiger partial charge in [-0.2, -0.15) is 0 Å². The lowest BCUT2D eigenvalue weighted by Crippen LogP contribution is -2.44. The average molecular weight is 420 g/mol. The Morgan fingerprint density at radius 2 is 2.06 bits per heavy atom. The van der Waals surface area contributed by atoms with E-state index in [2.05, 4.69) is 6.92 Å². The van der Waals surface area contributed by atoms with E-state index in [9.17, 15) is 14.7 Å². The third kappa shape index (κ3) is 2.59. The quantitative estimate of drug-likeness (QED) is 0.511. The number of methoxy groups -OCH3 is 1. The molecule has 3 aromatic rings. The van der Waals surface area contributed by atoms with Gasteiger partial charge >= 0.3 is 5.97 Å². The van der Waals surface area contributed by atoms with Crippen LogP contribution in [0.5, 0.6) is 5.75 Å². The second-order valence-electron chi connectivity index (χ2n) is 8.12. The maximum Gasteiger partial charge on any atom is 0.343 e. The van der Waals surface area contributed by atoms with Gasteiger partial charge in [-0.05, 0) is 36.6 Å². The highest BCUT2D eigenvalue weighted by Gasteiger charge is 2.45. The zero-order chi connectivity index (χ0) is 21.9. The summed E-state index contributed by atoms with van der Waals surface area (Å²) in [6.45, 7) is 4.08. The third-order valence-electron chi connectivity index (χ3n) is 6.51. The lowest BCUT2D eigenvalue weighted by molar-refractivity contribution is -0.172. The Kier molecular flexibility index (Phi) is 4.41. The van der Waals surface area contributed by atoms with Crippen LogP contribution in [0.3, 0.4) is 0 Å². The number of benzene rings is 1. The van der Waals surface area contributed by atoms with Crippen molar-refractivity contribution in [2.75, 3.05) is 7.11 Å². The van der Waals surface area contributed by atoms with Crippen LogP contribution >= 0.6 is 0 Å². The van der Waals surface area contributed by atoms with Gasteiger partial charge in [-0.1, -0.05) is 26.3 Å². The lowest BCUT2D eigenvalue weighted by atomic mass is 9.86. The standard InChI is InChI=1S/C24H24N2O5/c1-4-7-13-14-11-26-18(21(14)25-17-8-6-9-19(30-3)20(13)17)10-16-15(22(26)27)12-31-23(28)24(16,29)5-2/h6,8-10,29H,4-5,7,11-12H2,1-3H3/t24-/m0/s1. The number of aromatic nitrogens is 2. The fourth-order valence-corrected chi connectivity index (χ4v) is 4.89. The van der Waals surface area contributed by atoms with Crippen LogP contribution in [0.1, 0.15) is 48.9 Å². The molecule has 2 aliphatic heterocycles. The maximum absolute atomic E-state index is 13.4. The summed E-state index contributed by atoms with van der Waals surface area (Å²) >= 11 is 0. The minimum atomic E-state index is -1.82. The first-order valence-electron chi connectivity index (χ1n) is 10.6. The number of carbonyl (C=O) groups excluding carboxylic acids is 1. The second-order valence-corrected chi connectivity index (χ2v) is 8.12. The van der Waals surface area contributed by atoms with Gasteiger partial charge in [0, 0.05) is 16.5 Å². The molecule has 2 aliphatic rings. The second kappa shape index (κ2) is 6.92. The molecular formula is C24H24N2O5. The number of carbonyl (C=O) groups is 1. The minimum absolute atomic E-state index is 0.123. The largest absolute Gasteiger partial charge is 0.496 e. The zero-order valence-electron chi connectivity index (χ0n) is 17.8. The summed E-state index contributed by atoms with van der Waals surface area (Å²) in [6, 6.07) is 7.52. The summed E-state index contributed by atoms with van der Waals surface area (Å²) in [6.07, 6.45) is 1.88. The Hall–Kier alpha value is -3.19. The lowest BCUT2D eigenvalue weighted by Gasteiger charge is -2.31. The maximum atomic E-state index is 13.4. The number of nitrogens with zero attached hydrogens (tertiary/aromatic N) is 2. The predicted octanol–water partition coefficient (Wildman–Crippen LogP) is 3.04. The van der Waals surface area contributed by atoms with Crippen LogP contribution in [0.25, 0.3) is 22.3 Å². The molecule has 2 aromatic heterocycles. The van der Waals surface area contributed by atoms with Crippen molar-refractivity contribution in [1.29, 1.82) is 0 Å². The van der Waals surface area contributed by atoms with Crippen molar-refractivity contribution in [1.82, 2.24) is 9.55 Å². The van der Waals surface area contributed by atoms with Gasteiger partial charge < -0.3 is 19.1 Å². The van der Waals surface area contributed by atoms with E-state index in [4.69, 9.17) is 14.5 Å². The third-order valence-corrected chi connectivity index (χ3v) is 6.51. The van der Waals surface area contributed by atoms with Crippen molar-refractivity contribution < 1.29 is 19.4 Å². The summed E-state index contributed by atoms with van der Waals surface area (Å²) in [5, 5.41) is 12.0. The molecule has 160 valence electrons. The SMILES string of the molecule is CCCc1c2c(nc3cccc(OC)c13)-c1cc3c(c(=O)n1C2)COC(=O)[C@]3(O)CC. The van der Waals surface area contributed by atoms with Crippen LogP contribution in [0.4, 0.5) is 0 Å². The van der Waals surface area contributed by atoms with E-state index in [1.54, 1.807) is 24.7 Å². The van der Waals surface area contributed by atoms with E-state index in [1.807, 2.05) is 18.2 Å².